The summed E-state index contributed by atoms with van der Waals surface area (Å²) in [6.07, 6.45) is 7.09. The number of furan rings is 1. The third-order valence-corrected chi connectivity index (χ3v) is 5.18. The summed E-state index contributed by atoms with van der Waals surface area (Å²) in [6, 6.07) is 2.27. The van der Waals surface area contributed by atoms with Crippen LogP contribution >= 0.6 is 0 Å². The zero-order chi connectivity index (χ0) is 19.0. The van der Waals surface area contributed by atoms with Crippen LogP contribution in [0.3, 0.4) is 0 Å². The first-order valence-electron chi connectivity index (χ1n) is 10.4. The summed E-state index contributed by atoms with van der Waals surface area (Å²) in [7, 11) is 0. The summed E-state index contributed by atoms with van der Waals surface area (Å²) in [5.41, 5.74) is 1.31. The SMILES string of the molecule is CC(C)COC(C)C(C)Cc1coc(C(C)CCC(C)CC(C)C)c1. The lowest BCUT2D eigenvalue weighted by Crippen LogP contribution is -2.22. The van der Waals surface area contributed by atoms with Crippen molar-refractivity contribution in [3.8, 4) is 0 Å². The second-order valence-corrected chi connectivity index (χ2v) is 9.18. The summed E-state index contributed by atoms with van der Waals surface area (Å²) in [4.78, 5) is 0. The van der Waals surface area contributed by atoms with Crippen LogP contribution < -0.4 is 0 Å². The van der Waals surface area contributed by atoms with Crippen molar-refractivity contribution in [2.24, 2.45) is 23.7 Å². The molecule has 0 radical (unpaired) electrons. The molecule has 0 aromatic carbocycles. The molecule has 25 heavy (non-hydrogen) atoms. The van der Waals surface area contributed by atoms with Gasteiger partial charge in [-0.1, -0.05) is 54.9 Å². The Morgan fingerprint density at radius 2 is 1.60 bits per heavy atom. The molecule has 2 nitrogen and oxygen atoms in total. The lowest BCUT2D eigenvalue weighted by atomic mass is 9.90. The van der Waals surface area contributed by atoms with Gasteiger partial charge in [-0.15, -0.1) is 0 Å². The molecule has 4 atom stereocenters. The number of hydrogen-bond donors (Lipinski definition) is 0. The van der Waals surface area contributed by atoms with Crippen molar-refractivity contribution >= 4 is 0 Å². The van der Waals surface area contributed by atoms with Crippen molar-refractivity contribution in [3.63, 3.8) is 0 Å². The molecule has 0 bridgehead atoms. The molecular formula is C23H42O2. The first-order chi connectivity index (χ1) is 11.7. The molecule has 0 aliphatic heterocycles. The molecule has 146 valence electrons. The topological polar surface area (TPSA) is 22.4 Å². The minimum Gasteiger partial charge on any atom is -0.469 e. The summed E-state index contributed by atoms with van der Waals surface area (Å²) >= 11 is 0. The van der Waals surface area contributed by atoms with Crippen molar-refractivity contribution in [1.29, 1.82) is 0 Å². The lowest BCUT2D eigenvalue weighted by Gasteiger charge is -2.21. The maximum atomic E-state index is 5.96. The minimum absolute atomic E-state index is 0.287. The van der Waals surface area contributed by atoms with E-state index in [0.29, 0.717) is 17.8 Å². The third-order valence-electron chi connectivity index (χ3n) is 5.18. The van der Waals surface area contributed by atoms with Crippen molar-refractivity contribution in [2.75, 3.05) is 6.61 Å². The van der Waals surface area contributed by atoms with E-state index in [1.54, 1.807) is 0 Å². The Balaban J connectivity index is 2.44. The highest BCUT2D eigenvalue weighted by atomic mass is 16.5. The van der Waals surface area contributed by atoms with E-state index in [0.717, 1.165) is 30.6 Å². The highest BCUT2D eigenvalue weighted by molar-refractivity contribution is 5.16. The molecule has 0 spiro atoms. The Kier molecular flexibility index (Phi) is 9.86. The Labute approximate surface area is 156 Å². The molecule has 1 rings (SSSR count). The van der Waals surface area contributed by atoms with E-state index in [1.807, 2.05) is 6.26 Å². The van der Waals surface area contributed by atoms with Gasteiger partial charge < -0.3 is 9.15 Å². The molecule has 1 aromatic heterocycles. The molecule has 0 aliphatic rings. The highest BCUT2D eigenvalue weighted by Gasteiger charge is 2.17. The Morgan fingerprint density at radius 3 is 2.20 bits per heavy atom. The molecule has 0 N–H and O–H groups in total. The Bertz CT molecular complexity index is 460. The van der Waals surface area contributed by atoms with Gasteiger partial charge in [-0.05, 0) is 61.5 Å². The molecule has 1 heterocycles. The van der Waals surface area contributed by atoms with E-state index in [-0.39, 0.29) is 6.10 Å². The smallest absolute Gasteiger partial charge is 0.106 e. The Hall–Kier alpha value is -0.760. The maximum Gasteiger partial charge on any atom is 0.106 e. The van der Waals surface area contributed by atoms with E-state index in [1.165, 1.54) is 24.8 Å². The molecule has 4 unspecified atom stereocenters. The first kappa shape index (κ1) is 22.3. The molecule has 0 fully saturated rings. The molecule has 0 aliphatic carbocycles. The second kappa shape index (κ2) is 11.1. The fourth-order valence-corrected chi connectivity index (χ4v) is 3.41. The zero-order valence-electron chi connectivity index (χ0n) is 18.0. The van der Waals surface area contributed by atoms with Gasteiger partial charge in [-0.25, -0.2) is 0 Å². The fourth-order valence-electron chi connectivity index (χ4n) is 3.41. The fraction of sp³-hybridized carbons (Fsp3) is 0.826. The second-order valence-electron chi connectivity index (χ2n) is 9.18. The molecule has 0 saturated carbocycles. The van der Waals surface area contributed by atoms with Gasteiger partial charge in [0.1, 0.15) is 5.76 Å². The zero-order valence-corrected chi connectivity index (χ0v) is 18.0. The first-order valence-corrected chi connectivity index (χ1v) is 10.4. The van der Waals surface area contributed by atoms with Gasteiger partial charge in [0.15, 0.2) is 0 Å². The normalized spacial score (nSPS) is 17.0. The van der Waals surface area contributed by atoms with Crippen LogP contribution in [0.25, 0.3) is 0 Å². The van der Waals surface area contributed by atoms with Crippen molar-refractivity contribution < 1.29 is 9.15 Å². The monoisotopic (exact) mass is 350 g/mol. The Morgan fingerprint density at radius 1 is 0.920 bits per heavy atom. The van der Waals surface area contributed by atoms with Crippen molar-refractivity contribution in [1.82, 2.24) is 0 Å². The average Bonchev–Trinajstić information content (AvgIpc) is 2.98. The van der Waals surface area contributed by atoms with Crippen LogP contribution in [0.2, 0.25) is 0 Å². The van der Waals surface area contributed by atoms with Crippen LogP contribution in [-0.2, 0) is 11.2 Å². The quantitative estimate of drug-likeness (QED) is 0.401. The van der Waals surface area contributed by atoms with Crippen LogP contribution in [0.1, 0.15) is 91.9 Å². The van der Waals surface area contributed by atoms with Crippen LogP contribution in [-0.4, -0.2) is 12.7 Å². The van der Waals surface area contributed by atoms with Gasteiger partial charge in [-0.2, -0.15) is 0 Å². The van der Waals surface area contributed by atoms with Gasteiger partial charge in [0.05, 0.1) is 12.4 Å². The van der Waals surface area contributed by atoms with E-state index in [2.05, 4.69) is 61.5 Å². The summed E-state index contributed by atoms with van der Waals surface area (Å²) in [5, 5.41) is 0. The van der Waals surface area contributed by atoms with Crippen LogP contribution in [0.5, 0.6) is 0 Å². The predicted octanol–water partition coefficient (Wildman–Crippen LogP) is 7.09. The van der Waals surface area contributed by atoms with Crippen LogP contribution in [0.15, 0.2) is 16.7 Å². The maximum absolute atomic E-state index is 5.96. The van der Waals surface area contributed by atoms with Crippen molar-refractivity contribution in [3.05, 3.63) is 23.7 Å². The molecule has 1 aromatic rings. The largest absolute Gasteiger partial charge is 0.469 e. The summed E-state index contributed by atoms with van der Waals surface area (Å²) < 4.78 is 11.8. The van der Waals surface area contributed by atoms with Gasteiger partial charge in [-0.3, -0.25) is 0 Å². The van der Waals surface area contributed by atoms with Gasteiger partial charge in [0.25, 0.3) is 0 Å². The van der Waals surface area contributed by atoms with E-state index < -0.39 is 0 Å². The summed E-state index contributed by atoms with van der Waals surface area (Å²) in [6.45, 7) is 19.0. The number of hydrogen-bond acceptors (Lipinski definition) is 2. The number of rotatable bonds is 12. The predicted molar refractivity (Wildman–Crippen MR) is 108 cm³/mol. The van der Waals surface area contributed by atoms with E-state index in [9.17, 15) is 0 Å². The summed E-state index contributed by atoms with van der Waals surface area (Å²) in [5.74, 6) is 4.35. The molecule has 0 saturated heterocycles. The van der Waals surface area contributed by atoms with Gasteiger partial charge >= 0.3 is 0 Å². The van der Waals surface area contributed by atoms with Gasteiger partial charge in [0, 0.05) is 12.5 Å². The van der Waals surface area contributed by atoms with Crippen LogP contribution in [0, 0.1) is 23.7 Å². The lowest BCUT2D eigenvalue weighted by molar-refractivity contribution is 0.0152. The molecule has 2 heteroatoms. The highest BCUT2D eigenvalue weighted by Crippen LogP contribution is 2.28. The minimum atomic E-state index is 0.287. The average molecular weight is 351 g/mol. The standard InChI is InChI=1S/C23H42O2/c1-16(2)11-18(5)9-10-19(6)23-13-22(15-25-23)12-20(7)21(8)24-14-17(3)4/h13,15-21H,9-12,14H2,1-8H3. The number of ether oxygens (including phenoxy) is 1. The van der Waals surface area contributed by atoms with Gasteiger partial charge in [0.2, 0.25) is 0 Å². The van der Waals surface area contributed by atoms with Crippen LogP contribution in [0.4, 0.5) is 0 Å². The third kappa shape index (κ3) is 8.94. The van der Waals surface area contributed by atoms with E-state index >= 15 is 0 Å². The molecule has 0 amide bonds. The molecular weight excluding hydrogens is 308 g/mol. The van der Waals surface area contributed by atoms with Crippen molar-refractivity contribution in [2.45, 2.75) is 93.1 Å². The van der Waals surface area contributed by atoms with E-state index in [4.69, 9.17) is 9.15 Å².